The molecular weight excluding hydrogens is 1230 g/mol. The summed E-state index contributed by atoms with van der Waals surface area (Å²) in [6.07, 6.45) is 0. The Balaban J connectivity index is 0.000000169. The predicted octanol–water partition coefficient (Wildman–Crippen LogP) is 21.5. The van der Waals surface area contributed by atoms with Crippen molar-refractivity contribution in [3.63, 3.8) is 0 Å². The summed E-state index contributed by atoms with van der Waals surface area (Å²) in [4.78, 5) is 48.8. The Morgan fingerprint density at radius 3 is 0.918 bits per heavy atom. The second-order valence-corrected chi connectivity index (χ2v) is 21.9. The van der Waals surface area contributed by atoms with Crippen LogP contribution in [0.1, 0.15) is 11.1 Å². The Hall–Kier alpha value is -14.5. The number of hydrogen-bond acceptors (Lipinski definition) is 8. The standard InChI is InChI=1S/C42H17F5N6.C37H17N7/c1-49-26-17-15-25(16-18-26)40-41(24-9-7-21(20-48)8-10-24)53-42-30(52-40)19-29(50-2)33-32(42)27-5-3-4-6-28(27)51-39(33)23-13-11-22(12-14-23)31-34(43)36(45)38(47)37(46)35(31)44;1-39-26-16-12-23(13-17-26)34-33-30(41-3)20-31-37(32(33)28-6-4-5-7-29(28)42-34)44-36(24-10-8-22(21-38)9-11-24)35(43-31)25-14-18-27(40-2)19-15-25/h3-19H;4-20H. The lowest BCUT2D eigenvalue weighted by molar-refractivity contribution is 0.381. The minimum atomic E-state index is -2.25. The van der Waals surface area contributed by atoms with Gasteiger partial charge in [-0.25, -0.2) is 76.1 Å². The minimum absolute atomic E-state index is 0.180. The molecule has 0 amide bonds. The van der Waals surface area contributed by atoms with Crippen LogP contribution >= 0.6 is 0 Å². The molecule has 4 aromatic heterocycles. The summed E-state index contributed by atoms with van der Waals surface area (Å²) in [7, 11) is 0. The number of hydrogen-bond donors (Lipinski definition) is 0. The lowest BCUT2D eigenvalue weighted by Crippen LogP contribution is -2.04. The Kier molecular flexibility index (Phi) is 15.3. The van der Waals surface area contributed by atoms with E-state index in [0.29, 0.717) is 134 Å². The second kappa shape index (κ2) is 24.6. The predicted molar refractivity (Wildman–Crippen MR) is 363 cm³/mol. The molecule has 15 rings (SSSR count). The van der Waals surface area contributed by atoms with Crippen LogP contribution in [0.25, 0.3) is 168 Å². The average molecular weight is 1260 g/mol. The van der Waals surface area contributed by atoms with E-state index in [1.165, 1.54) is 24.3 Å². The van der Waals surface area contributed by atoms with Crippen molar-refractivity contribution >= 4 is 93.9 Å². The fraction of sp³-hybridized carbons (Fsp3) is 0. The Labute approximate surface area is 547 Å². The van der Waals surface area contributed by atoms with Gasteiger partial charge in [-0.05, 0) is 76.3 Å². The number of para-hydroxylation sites is 2. The highest BCUT2D eigenvalue weighted by Crippen LogP contribution is 2.47. The van der Waals surface area contributed by atoms with Crippen LogP contribution in [0.15, 0.2) is 206 Å². The SMILES string of the molecule is [C-]#[N+]c1ccc(-c2nc3cc([N+]#[C-])c4c(-c5ccc(-c6c(F)c(F)c(F)c(F)c6F)cc5)nc5ccccc5c4c3nc2-c2ccc(C#N)cc2)cc1.[C-]#[N+]c1ccc(-c2nc3cc([N+]#[C-])c4c(-c5ccc([N+]#[C-])cc5)nc5ccccc5c4c3nc2-c2ccc(C#N)cc2)cc1. The molecule has 0 spiro atoms. The number of rotatable bonds is 7. The Bertz CT molecular complexity index is 6150. The van der Waals surface area contributed by atoms with Crippen LogP contribution in [0, 0.1) is 84.6 Å². The zero-order chi connectivity index (χ0) is 67.2. The van der Waals surface area contributed by atoms with E-state index in [2.05, 4.69) is 36.4 Å². The first kappa shape index (κ1) is 60.1. The summed E-state index contributed by atoms with van der Waals surface area (Å²) < 4.78 is 71.3. The number of nitriles is 2. The maximum atomic E-state index is 14.7. The van der Waals surface area contributed by atoms with Crippen molar-refractivity contribution in [2.75, 3.05) is 0 Å². The van der Waals surface area contributed by atoms with E-state index < -0.39 is 34.6 Å². The molecule has 0 unspecified atom stereocenters. The van der Waals surface area contributed by atoms with Gasteiger partial charge in [-0.1, -0.05) is 158 Å². The number of pyridine rings is 2. The first-order valence-electron chi connectivity index (χ1n) is 29.3. The van der Waals surface area contributed by atoms with E-state index >= 15 is 0 Å². The first-order chi connectivity index (χ1) is 47.3. The van der Waals surface area contributed by atoms with Gasteiger partial charge < -0.3 is 0 Å². The van der Waals surface area contributed by atoms with Gasteiger partial charge in [0.05, 0.1) is 129 Å². The highest BCUT2D eigenvalue weighted by atomic mass is 19.2. The van der Waals surface area contributed by atoms with Crippen LogP contribution in [0.2, 0.25) is 0 Å². The van der Waals surface area contributed by atoms with E-state index in [1.54, 1.807) is 109 Å². The number of aromatic nitrogens is 6. The largest absolute Gasteiger partial charge is 0.248 e. The molecule has 97 heavy (non-hydrogen) atoms. The number of halogens is 5. The molecule has 18 heteroatoms. The molecule has 0 aliphatic carbocycles. The summed E-state index contributed by atoms with van der Waals surface area (Å²) in [5, 5.41) is 22.7. The zero-order valence-corrected chi connectivity index (χ0v) is 49.8. The highest BCUT2D eigenvalue weighted by molar-refractivity contribution is 6.26. The second-order valence-electron chi connectivity index (χ2n) is 21.9. The summed E-state index contributed by atoms with van der Waals surface area (Å²) >= 11 is 0. The third kappa shape index (κ3) is 10.5. The molecule has 0 saturated carbocycles. The summed E-state index contributed by atoms with van der Waals surface area (Å²) in [6.45, 7) is 38.4. The fourth-order valence-corrected chi connectivity index (χ4v) is 11.8. The molecule has 0 N–H and O–H groups in total. The van der Waals surface area contributed by atoms with Crippen molar-refractivity contribution in [3.8, 4) is 90.8 Å². The maximum absolute atomic E-state index is 14.7. The molecule has 450 valence electrons. The Morgan fingerprint density at radius 2 is 0.577 bits per heavy atom. The molecule has 0 atom stereocenters. The van der Waals surface area contributed by atoms with Crippen LogP contribution in [-0.4, -0.2) is 29.9 Å². The Morgan fingerprint density at radius 1 is 0.289 bits per heavy atom. The summed E-state index contributed by atoms with van der Waals surface area (Å²) in [6, 6.07) is 63.3. The van der Waals surface area contributed by atoms with Gasteiger partial charge in [-0.3, -0.25) is 0 Å². The van der Waals surface area contributed by atoms with Crippen LogP contribution in [-0.2, 0) is 0 Å². The van der Waals surface area contributed by atoms with Gasteiger partial charge in [0.25, 0.3) is 0 Å². The van der Waals surface area contributed by atoms with E-state index in [0.717, 1.165) is 33.0 Å². The molecule has 15 aromatic rings. The molecule has 0 bridgehead atoms. The van der Waals surface area contributed by atoms with Gasteiger partial charge >= 0.3 is 0 Å². The number of benzene rings is 11. The van der Waals surface area contributed by atoms with Crippen molar-refractivity contribution in [2.24, 2.45) is 0 Å². The molecule has 13 nitrogen and oxygen atoms in total. The smallest absolute Gasteiger partial charge is 0.200 e. The monoisotopic (exact) mass is 1260 g/mol. The third-order valence-corrected chi connectivity index (χ3v) is 16.4. The highest BCUT2D eigenvalue weighted by Gasteiger charge is 2.28. The topological polar surface area (TPSA) is 147 Å². The molecule has 0 aliphatic heterocycles. The van der Waals surface area contributed by atoms with Gasteiger partial charge in [-0.15, -0.1) is 0 Å². The van der Waals surface area contributed by atoms with Crippen LogP contribution < -0.4 is 0 Å². The van der Waals surface area contributed by atoms with E-state index in [-0.39, 0.29) is 11.3 Å². The van der Waals surface area contributed by atoms with Crippen LogP contribution in [0.4, 0.5) is 50.4 Å². The molecule has 0 saturated heterocycles. The van der Waals surface area contributed by atoms with Crippen LogP contribution in [0.5, 0.6) is 0 Å². The van der Waals surface area contributed by atoms with E-state index in [4.69, 9.17) is 62.8 Å². The van der Waals surface area contributed by atoms with Crippen molar-refractivity contribution in [1.29, 1.82) is 10.5 Å². The van der Waals surface area contributed by atoms with Gasteiger partial charge in [-0.2, -0.15) is 10.5 Å². The molecule has 0 aliphatic rings. The number of fused-ring (bicyclic) bond motifs is 10. The van der Waals surface area contributed by atoms with E-state index in [1.807, 2.05) is 72.8 Å². The van der Waals surface area contributed by atoms with Crippen molar-refractivity contribution in [1.82, 2.24) is 29.9 Å². The van der Waals surface area contributed by atoms with Gasteiger partial charge in [0.15, 0.2) is 51.7 Å². The summed E-state index contributed by atoms with van der Waals surface area (Å²) in [5.41, 5.74) is 12.2. The maximum Gasteiger partial charge on any atom is 0.200 e. The zero-order valence-electron chi connectivity index (χ0n) is 49.8. The third-order valence-electron chi connectivity index (χ3n) is 16.4. The average Bonchev–Trinajstić information content (AvgIpc) is 0.727. The van der Waals surface area contributed by atoms with Gasteiger partial charge in [0.2, 0.25) is 5.82 Å². The quantitative estimate of drug-likeness (QED) is 0.0504. The molecule has 0 radical (unpaired) electrons. The van der Waals surface area contributed by atoms with Gasteiger partial charge in [0, 0.05) is 43.4 Å². The van der Waals surface area contributed by atoms with Crippen molar-refractivity contribution in [3.05, 3.63) is 304 Å². The molecule has 11 aromatic carbocycles. The van der Waals surface area contributed by atoms with Gasteiger partial charge in [0.1, 0.15) is 0 Å². The molecule has 0 fully saturated rings. The fourth-order valence-electron chi connectivity index (χ4n) is 11.8. The van der Waals surface area contributed by atoms with Crippen molar-refractivity contribution in [2.45, 2.75) is 0 Å². The van der Waals surface area contributed by atoms with E-state index in [9.17, 15) is 32.5 Å². The lowest BCUT2D eigenvalue weighted by atomic mass is 9.95. The number of nitrogens with zero attached hydrogens (tertiary/aromatic N) is 13. The normalized spacial score (nSPS) is 10.9. The summed E-state index contributed by atoms with van der Waals surface area (Å²) in [5.74, 6) is -10.3. The van der Waals surface area contributed by atoms with Crippen molar-refractivity contribution < 1.29 is 22.0 Å². The molecule has 4 heterocycles. The van der Waals surface area contributed by atoms with Crippen LogP contribution in [0.3, 0.4) is 0 Å². The minimum Gasteiger partial charge on any atom is -0.248 e. The first-order valence-corrected chi connectivity index (χ1v) is 29.3. The lowest BCUT2D eigenvalue weighted by Gasteiger charge is -2.16. The molecular formula is C79H34F5N13.